The Morgan fingerprint density at radius 3 is 1.78 bits per heavy atom. The molecule has 340 valence electrons. The Hall–Kier alpha value is -8.81. The lowest BCUT2D eigenvalue weighted by Gasteiger charge is -2.48. The van der Waals surface area contributed by atoms with Crippen molar-refractivity contribution in [3.63, 3.8) is 0 Å². The molecule has 4 N–H and O–H groups in total. The molecule has 0 spiro atoms. The van der Waals surface area contributed by atoms with Crippen molar-refractivity contribution in [2.75, 3.05) is 0 Å². The van der Waals surface area contributed by atoms with Crippen LogP contribution in [0.1, 0.15) is 44.2 Å². The normalized spacial score (nSPS) is 13.8. The number of aromatic amines is 3. The number of hydrogen-bond acceptors (Lipinski definition) is 10. The van der Waals surface area contributed by atoms with Gasteiger partial charge in [-0.3, -0.25) is 9.78 Å². The summed E-state index contributed by atoms with van der Waals surface area (Å²) in [7, 11) is 0. The predicted octanol–water partition coefficient (Wildman–Crippen LogP) is 11.5. The van der Waals surface area contributed by atoms with Gasteiger partial charge in [-0.05, 0) is 69.8 Å². The Balaban J connectivity index is 1.31. The summed E-state index contributed by atoms with van der Waals surface area (Å²) >= 11 is 0. The number of hydrogen-bond donors (Lipinski definition) is 4. The highest BCUT2D eigenvalue weighted by molar-refractivity contribution is 6.20. The van der Waals surface area contributed by atoms with Gasteiger partial charge in [0.25, 0.3) is 0 Å². The third-order valence-electron chi connectivity index (χ3n) is 13.1. The molecule has 0 fully saturated rings. The van der Waals surface area contributed by atoms with Crippen LogP contribution in [0.25, 0.3) is 49.2 Å². The lowest BCUT2D eigenvalue weighted by molar-refractivity contribution is -0.161. The highest BCUT2D eigenvalue weighted by atomic mass is 16.5. The Kier molecular flexibility index (Phi) is 12.0. The number of benzene rings is 6. The average molecular weight is 912 g/mol. The van der Waals surface area contributed by atoms with E-state index in [9.17, 15) is 14.9 Å². The summed E-state index contributed by atoms with van der Waals surface area (Å²) in [5.74, 6) is -3.60. The van der Waals surface area contributed by atoms with Gasteiger partial charge in [0.1, 0.15) is 18.1 Å². The van der Waals surface area contributed by atoms with Crippen LogP contribution in [-0.4, -0.2) is 59.6 Å². The number of phenolic OH excluding ortho intramolecular Hbond substituents is 1. The zero-order chi connectivity index (χ0) is 47.5. The summed E-state index contributed by atoms with van der Waals surface area (Å²) in [4.78, 5) is 77.8. The van der Waals surface area contributed by atoms with Crippen LogP contribution in [0.15, 0.2) is 199 Å². The maximum atomic E-state index is 16.9. The summed E-state index contributed by atoms with van der Waals surface area (Å²) in [6.45, 7) is 4.33. The summed E-state index contributed by atoms with van der Waals surface area (Å²) in [6, 6.07) is 48.3. The molecule has 4 aromatic heterocycles. The zero-order valence-electron chi connectivity index (χ0n) is 37.2. The van der Waals surface area contributed by atoms with E-state index in [1.807, 2.05) is 84.9 Å². The molecule has 0 saturated heterocycles. The number of phenols is 1. The molecule has 13 nitrogen and oxygen atoms in total. The van der Waals surface area contributed by atoms with Crippen LogP contribution in [0.3, 0.4) is 0 Å². The van der Waals surface area contributed by atoms with Crippen LogP contribution in [0.2, 0.25) is 0 Å². The highest BCUT2D eigenvalue weighted by Crippen LogP contribution is 2.49. The molecule has 0 aliphatic carbocycles. The second kappa shape index (κ2) is 18.8. The summed E-state index contributed by atoms with van der Waals surface area (Å²) in [5.41, 5.74) is 2.97. The monoisotopic (exact) mass is 911 g/mol. The first-order chi connectivity index (χ1) is 33.8. The summed E-state index contributed by atoms with van der Waals surface area (Å²) in [6.07, 6.45) is 1.31. The van der Waals surface area contributed by atoms with E-state index in [1.165, 1.54) is 23.2 Å². The SMILES string of the molecule is C=C(c1ccccc1)C(c1ccc(O)cc1)[C@](C(=O)OCc1ccccc1)(C(=O)c1cc2c(cn1)[nH]c1ccccc12)N(C(Cc1c[nH]c2ccccc12)N=O)C(Cc1c[nH]c2ccccc12)N=O. The zero-order valence-corrected chi connectivity index (χ0v) is 37.2. The first kappa shape index (κ1) is 44.0. The summed E-state index contributed by atoms with van der Waals surface area (Å²) < 4.78 is 6.45. The van der Waals surface area contributed by atoms with E-state index in [0.29, 0.717) is 38.7 Å². The number of para-hydroxylation sites is 3. The minimum atomic E-state index is -2.76. The third kappa shape index (κ3) is 8.14. The molecule has 0 saturated carbocycles. The van der Waals surface area contributed by atoms with Gasteiger partial charge in [0.2, 0.25) is 5.78 Å². The number of aromatic nitrogens is 4. The Morgan fingerprint density at radius 1 is 0.652 bits per heavy atom. The van der Waals surface area contributed by atoms with Crippen molar-refractivity contribution in [2.24, 2.45) is 10.4 Å². The molecule has 0 amide bonds. The van der Waals surface area contributed by atoms with E-state index in [2.05, 4.69) is 31.9 Å². The van der Waals surface area contributed by atoms with Gasteiger partial charge in [-0.25, -0.2) is 9.69 Å². The van der Waals surface area contributed by atoms with Gasteiger partial charge < -0.3 is 24.8 Å². The van der Waals surface area contributed by atoms with Gasteiger partial charge in [-0.1, -0.05) is 144 Å². The number of pyridine rings is 1. The maximum absolute atomic E-state index is 16.9. The number of ketones is 1. The van der Waals surface area contributed by atoms with Crippen LogP contribution < -0.4 is 0 Å². The van der Waals surface area contributed by atoms with Crippen molar-refractivity contribution in [3.05, 3.63) is 232 Å². The number of aromatic hydroxyl groups is 1. The minimum absolute atomic E-state index is 0.0896. The van der Waals surface area contributed by atoms with E-state index in [-0.39, 0.29) is 36.5 Å². The Morgan fingerprint density at radius 2 is 1.19 bits per heavy atom. The lowest BCUT2D eigenvalue weighted by Crippen LogP contribution is -2.69. The molecule has 0 aliphatic heterocycles. The number of ether oxygens (including phenoxy) is 1. The number of H-pyrrole nitrogens is 3. The number of Topliss-reactive ketones (excluding diaryl/α,β-unsaturated/α-hetero) is 1. The van der Waals surface area contributed by atoms with Crippen LogP contribution in [0, 0.1) is 9.81 Å². The van der Waals surface area contributed by atoms with Crippen molar-refractivity contribution in [3.8, 4) is 5.75 Å². The van der Waals surface area contributed by atoms with Gasteiger partial charge in [-0.2, -0.15) is 0 Å². The predicted molar refractivity (Wildman–Crippen MR) is 268 cm³/mol. The number of esters is 1. The van der Waals surface area contributed by atoms with Gasteiger partial charge in [0.05, 0.1) is 11.7 Å². The molecule has 6 aromatic carbocycles. The Bertz CT molecular complexity index is 3420. The first-order valence-corrected chi connectivity index (χ1v) is 22.5. The quantitative estimate of drug-likeness (QED) is 0.0283. The number of carbonyl (C=O) groups is 2. The number of nitroso groups, excluding NO2 is 2. The maximum Gasteiger partial charge on any atom is 0.336 e. The molecule has 13 heteroatoms. The van der Waals surface area contributed by atoms with E-state index in [1.54, 1.807) is 79.1 Å². The van der Waals surface area contributed by atoms with Gasteiger partial charge in [-0.15, -0.1) is 9.81 Å². The second-order valence-electron chi connectivity index (χ2n) is 17.1. The fourth-order valence-corrected chi connectivity index (χ4v) is 9.83. The number of nitrogens with one attached hydrogen (secondary N) is 3. The molecular formula is C56H45N7O6. The van der Waals surface area contributed by atoms with Gasteiger partial charge >= 0.3 is 5.97 Å². The van der Waals surface area contributed by atoms with E-state index >= 15 is 9.59 Å². The van der Waals surface area contributed by atoms with E-state index in [4.69, 9.17) is 9.72 Å². The minimum Gasteiger partial charge on any atom is -0.508 e. The highest BCUT2D eigenvalue weighted by Gasteiger charge is 2.64. The molecule has 3 unspecified atom stereocenters. The average Bonchev–Trinajstić information content (AvgIpc) is 4.12. The molecule has 0 radical (unpaired) electrons. The van der Waals surface area contributed by atoms with Gasteiger partial charge in [0.15, 0.2) is 17.9 Å². The van der Waals surface area contributed by atoms with E-state index in [0.717, 1.165) is 32.7 Å². The fourth-order valence-electron chi connectivity index (χ4n) is 9.83. The number of carbonyl (C=O) groups excluding carboxylic acids is 2. The lowest BCUT2D eigenvalue weighted by atomic mass is 9.68. The molecule has 0 bridgehead atoms. The standard InChI is InChI=1S/C56H45N7O6/c1-35(37-16-6-3-7-17-37)53(38-24-26-41(64)27-25-38)56(55(66)69-34-36-14-4-2-5-15-36,54(65)49-30-45-44-20-10-13-23-48(44)60-50(45)33-59-49)63(51(61-67)28-39-31-57-46-21-11-8-18-42(39)46)52(62-68)29-40-32-58-47-22-12-9-19-43(40)47/h2-27,30-33,51-53,57-58,60,64H,1,28-29,34H2/t51?,52?,53?,56-/m1/s1. The van der Waals surface area contributed by atoms with E-state index < -0.39 is 35.5 Å². The molecule has 10 aromatic rings. The molecule has 4 heterocycles. The number of nitrogens with zero attached hydrogens (tertiary/aromatic N) is 4. The molecule has 0 aliphatic rings. The van der Waals surface area contributed by atoms with Crippen molar-refractivity contribution >= 4 is 60.9 Å². The Labute approximate surface area is 395 Å². The number of rotatable bonds is 18. The molecular weight excluding hydrogens is 867 g/mol. The first-order valence-electron chi connectivity index (χ1n) is 22.5. The van der Waals surface area contributed by atoms with Crippen LogP contribution in [0.5, 0.6) is 5.75 Å². The second-order valence-corrected chi connectivity index (χ2v) is 17.1. The molecule has 10 rings (SSSR count). The van der Waals surface area contributed by atoms with Crippen LogP contribution in [-0.2, 0) is 29.0 Å². The van der Waals surface area contributed by atoms with Crippen molar-refractivity contribution in [2.45, 2.75) is 43.2 Å². The van der Waals surface area contributed by atoms with Crippen molar-refractivity contribution in [1.82, 2.24) is 24.8 Å². The third-order valence-corrected chi connectivity index (χ3v) is 13.1. The summed E-state index contributed by atoms with van der Waals surface area (Å²) in [5, 5.41) is 21.3. The van der Waals surface area contributed by atoms with Crippen molar-refractivity contribution < 1.29 is 19.4 Å². The number of fused-ring (bicyclic) bond motifs is 5. The fraction of sp³-hybridized carbons (Fsp3) is 0.125. The smallest absolute Gasteiger partial charge is 0.336 e. The van der Waals surface area contributed by atoms with Crippen LogP contribution >= 0.6 is 0 Å². The van der Waals surface area contributed by atoms with Crippen LogP contribution in [0.4, 0.5) is 0 Å². The largest absolute Gasteiger partial charge is 0.508 e. The molecule has 69 heavy (non-hydrogen) atoms. The topological polar surface area (TPSA) is 186 Å². The van der Waals surface area contributed by atoms with Gasteiger partial charge in [0, 0.05) is 69.2 Å². The van der Waals surface area contributed by atoms with Crippen molar-refractivity contribution in [1.29, 1.82) is 0 Å². The molecule has 4 atom stereocenters.